The molecule has 0 fully saturated rings. The van der Waals surface area contributed by atoms with Crippen LogP contribution >= 0.6 is 0 Å². The van der Waals surface area contributed by atoms with Crippen molar-refractivity contribution in [3.63, 3.8) is 0 Å². The van der Waals surface area contributed by atoms with E-state index in [-0.39, 0.29) is 11.4 Å². The largest absolute Gasteiger partial charge is 0.472 e. The monoisotopic (exact) mass is 239 g/mol. The first-order chi connectivity index (χ1) is 7.79. The quantitative estimate of drug-likeness (QED) is 0.816. The molecule has 1 N–H and O–H groups in total. The number of carbonyl (C=O) groups is 2. The number of hydrogen-bond donors (Lipinski definition) is 1. The number of esters is 1. The first-order valence-electron chi connectivity index (χ1n) is 5.35. The Kier molecular flexibility index (Phi) is 3.93. The van der Waals surface area contributed by atoms with E-state index < -0.39 is 12.1 Å². The highest BCUT2D eigenvalue weighted by Crippen LogP contribution is 2.06. The maximum atomic E-state index is 11.7. The van der Waals surface area contributed by atoms with Crippen LogP contribution in [0.5, 0.6) is 0 Å². The molecule has 0 aliphatic carbocycles. The molecule has 0 saturated carbocycles. The molecule has 0 unspecified atom stereocenters. The van der Waals surface area contributed by atoms with Crippen molar-refractivity contribution in [2.24, 2.45) is 0 Å². The van der Waals surface area contributed by atoms with Gasteiger partial charge in [-0.05, 0) is 33.8 Å². The third-order valence-electron chi connectivity index (χ3n) is 1.91. The van der Waals surface area contributed by atoms with E-state index in [0.717, 1.165) is 0 Å². The summed E-state index contributed by atoms with van der Waals surface area (Å²) in [5.41, 5.74) is -0.0617. The molecule has 0 aliphatic heterocycles. The first-order valence-corrected chi connectivity index (χ1v) is 5.35. The predicted octanol–water partition coefficient (Wildman–Crippen LogP) is 1.74. The van der Waals surface area contributed by atoms with E-state index in [4.69, 9.17) is 9.15 Å². The van der Waals surface area contributed by atoms with E-state index in [0.29, 0.717) is 5.56 Å². The molecule has 0 aromatic carbocycles. The summed E-state index contributed by atoms with van der Waals surface area (Å²) < 4.78 is 9.75. The Hall–Kier alpha value is -1.78. The number of ether oxygens (including phenoxy) is 1. The zero-order chi connectivity index (χ0) is 13.1. The van der Waals surface area contributed by atoms with Crippen molar-refractivity contribution in [2.45, 2.75) is 39.3 Å². The van der Waals surface area contributed by atoms with Gasteiger partial charge in [0.2, 0.25) is 0 Å². The second-order valence-electron chi connectivity index (χ2n) is 4.80. The Morgan fingerprint density at radius 1 is 1.41 bits per heavy atom. The van der Waals surface area contributed by atoms with Crippen LogP contribution in [0.1, 0.15) is 38.1 Å². The van der Waals surface area contributed by atoms with Crippen LogP contribution in [0.4, 0.5) is 0 Å². The average Bonchev–Trinajstić information content (AvgIpc) is 2.67. The van der Waals surface area contributed by atoms with Gasteiger partial charge < -0.3 is 14.5 Å². The second-order valence-corrected chi connectivity index (χ2v) is 4.80. The van der Waals surface area contributed by atoms with Gasteiger partial charge in [-0.3, -0.25) is 4.79 Å². The maximum absolute atomic E-state index is 11.7. The second kappa shape index (κ2) is 5.03. The summed E-state index contributed by atoms with van der Waals surface area (Å²) in [5, 5.41) is 2.73. The van der Waals surface area contributed by atoms with Gasteiger partial charge >= 0.3 is 5.97 Å². The number of rotatable bonds is 3. The lowest BCUT2D eigenvalue weighted by molar-refractivity contribution is -0.130. The van der Waals surface area contributed by atoms with Crippen molar-refractivity contribution in [3.05, 3.63) is 24.2 Å². The molecule has 1 amide bonds. The molecule has 0 bridgehead atoms. The van der Waals surface area contributed by atoms with Gasteiger partial charge in [0.25, 0.3) is 5.91 Å². The summed E-state index contributed by atoms with van der Waals surface area (Å²) in [6, 6.07) is 1.48. The molecule has 0 radical (unpaired) electrons. The third-order valence-corrected chi connectivity index (χ3v) is 1.91. The van der Waals surface area contributed by atoms with Crippen LogP contribution in [-0.4, -0.2) is 23.5 Å². The van der Waals surface area contributed by atoms with Gasteiger partial charge in [-0.1, -0.05) is 0 Å². The van der Waals surface area contributed by atoms with Gasteiger partial charge in [0.1, 0.15) is 6.26 Å². The van der Waals surface area contributed by atoms with Crippen LogP contribution in [0.3, 0.4) is 0 Å². The van der Waals surface area contributed by atoms with Crippen LogP contribution in [0.25, 0.3) is 0 Å². The van der Waals surface area contributed by atoms with Crippen molar-refractivity contribution in [1.29, 1.82) is 0 Å². The summed E-state index contributed by atoms with van der Waals surface area (Å²) in [6.45, 7) is 7.10. The molecule has 17 heavy (non-hydrogen) atoms. The smallest absolute Gasteiger partial charge is 0.342 e. The maximum Gasteiger partial charge on any atom is 0.342 e. The summed E-state index contributed by atoms with van der Waals surface area (Å²) in [7, 11) is 0. The molecular formula is C12H17NO4. The topological polar surface area (TPSA) is 68.5 Å². The molecule has 0 spiro atoms. The minimum absolute atomic E-state index is 0.292. The van der Waals surface area contributed by atoms with E-state index in [1.165, 1.54) is 25.5 Å². The summed E-state index contributed by atoms with van der Waals surface area (Å²) >= 11 is 0. The molecular weight excluding hydrogens is 222 g/mol. The number of furan rings is 1. The lowest BCUT2D eigenvalue weighted by atomic mass is 10.1. The first kappa shape index (κ1) is 13.3. The number of carbonyl (C=O) groups excluding carboxylic acids is 2. The molecule has 1 rings (SSSR count). The molecule has 1 heterocycles. The molecule has 0 saturated heterocycles. The lowest BCUT2D eigenvalue weighted by Gasteiger charge is -2.23. The predicted molar refractivity (Wildman–Crippen MR) is 61.5 cm³/mol. The highest BCUT2D eigenvalue weighted by molar-refractivity contribution is 5.91. The lowest BCUT2D eigenvalue weighted by Crippen LogP contribution is -2.46. The standard InChI is InChI=1S/C12H17NO4/c1-8(10(14)13-12(2,3)4)17-11(15)9-5-6-16-7-9/h5-8H,1-4H3,(H,13,14)/t8-/m0/s1. The van der Waals surface area contributed by atoms with E-state index in [1.807, 2.05) is 20.8 Å². The zero-order valence-electron chi connectivity index (χ0n) is 10.4. The van der Waals surface area contributed by atoms with Crippen LogP contribution in [-0.2, 0) is 9.53 Å². The number of hydrogen-bond acceptors (Lipinski definition) is 4. The van der Waals surface area contributed by atoms with Gasteiger partial charge in [0.05, 0.1) is 11.8 Å². The molecule has 94 valence electrons. The molecule has 5 nitrogen and oxygen atoms in total. The van der Waals surface area contributed by atoms with Crippen molar-refractivity contribution in [3.8, 4) is 0 Å². The molecule has 0 aliphatic rings. The van der Waals surface area contributed by atoms with Crippen LogP contribution in [0.2, 0.25) is 0 Å². The van der Waals surface area contributed by atoms with Gasteiger partial charge in [-0.25, -0.2) is 4.79 Å². The van der Waals surface area contributed by atoms with Crippen LogP contribution in [0.15, 0.2) is 23.0 Å². The van der Waals surface area contributed by atoms with Gasteiger partial charge in [-0.15, -0.1) is 0 Å². The molecule has 5 heteroatoms. The van der Waals surface area contributed by atoms with Crippen molar-refractivity contribution in [1.82, 2.24) is 5.32 Å². The third kappa shape index (κ3) is 4.30. The SMILES string of the molecule is C[C@H](OC(=O)c1ccoc1)C(=O)NC(C)(C)C. The Morgan fingerprint density at radius 2 is 2.06 bits per heavy atom. The average molecular weight is 239 g/mol. The minimum Gasteiger partial charge on any atom is -0.472 e. The highest BCUT2D eigenvalue weighted by atomic mass is 16.5. The number of nitrogens with one attached hydrogen (secondary N) is 1. The zero-order valence-corrected chi connectivity index (χ0v) is 10.4. The fourth-order valence-corrected chi connectivity index (χ4v) is 1.13. The van der Waals surface area contributed by atoms with Gasteiger partial charge in [-0.2, -0.15) is 0 Å². The van der Waals surface area contributed by atoms with Crippen molar-refractivity contribution in [2.75, 3.05) is 0 Å². The van der Waals surface area contributed by atoms with E-state index in [2.05, 4.69) is 5.32 Å². The normalized spacial score (nSPS) is 12.9. The Labute approximate surface area is 100 Å². The van der Waals surface area contributed by atoms with E-state index in [1.54, 1.807) is 0 Å². The fraction of sp³-hybridized carbons (Fsp3) is 0.500. The fourth-order valence-electron chi connectivity index (χ4n) is 1.13. The molecule has 1 aromatic heterocycles. The van der Waals surface area contributed by atoms with Gasteiger partial charge in [0.15, 0.2) is 6.10 Å². The Bertz CT molecular complexity index is 389. The van der Waals surface area contributed by atoms with Crippen LogP contribution < -0.4 is 5.32 Å². The summed E-state index contributed by atoms with van der Waals surface area (Å²) in [4.78, 5) is 23.2. The van der Waals surface area contributed by atoms with Gasteiger partial charge in [0, 0.05) is 5.54 Å². The van der Waals surface area contributed by atoms with Crippen molar-refractivity contribution < 1.29 is 18.7 Å². The molecule has 1 atom stereocenters. The summed E-state index contributed by atoms with van der Waals surface area (Å²) in [5.74, 6) is -0.898. The van der Waals surface area contributed by atoms with Crippen LogP contribution in [0, 0.1) is 0 Å². The minimum atomic E-state index is -0.836. The van der Waals surface area contributed by atoms with Crippen molar-refractivity contribution >= 4 is 11.9 Å². The van der Waals surface area contributed by atoms with E-state index in [9.17, 15) is 9.59 Å². The molecule has 1 aromatic rings. The number of amides is 1. The Balaban J connectivity index is 2.52. The highest BCUT2D eigenvalue weighted by Gasteiger charge is 2.23. The Morgan fingerprint density at radius 3 is 2.53 bits per heavy atom. The summed E-state index contributed by atoms with van der Waals surface area (Å²) in [6.07, 6.45) is 1.81. The van der Waals surface area contributed by atoms with E-state index >= 15 is 0 Å².